The molecule has 0 spiro atoms. The van der Waals surface area contributed by atoms with E-state index in [9.17, 15) is 4.79 Å². The molecule has 2 aromatic rings. The third kappa shape index (κ3) is 7.46. The Kier molecular flexibility index (Phi) is 9.17. The Labute approximate surface area is 163 Å². The van der Waals surface area contributed by atoms with Crippen molar-refractivity contribution in [2.45, 2.75) is 13.5 Å². The fraction of sp³-hybridized carbons (Fsp3) is 0.333. The first-order valence-corrected chi connectivity index (χ1v) is 8.30. The zero-order valence-corrected chi connectivity index (χ0v) is 16.1. The number of aliphatic carboxylic acids is 1. The van der Waals surface area contributed by atoms with Gasteiger partial charge in [-0.25, -0.2) is 9.97 Å². The molecule has 5 N–H and O–H groups in total. The molecule has 1 amide bonds. The van der Waals surface area contributed by atoms with E-state index in [0.717, 1.165) is 12.5 Å². The van der Waals surface area contributed by atoms with Crippen molar-refractivity contribution in [3.8, 4) is 11.5 Å². The van der Waals surface area contributed by atoms with Crippen molar-refractivity contribution in [1.29, 1.82) is 0 Å². The molecule has 1 heterocycles. The summed E-state index contributed by atoms with van der Waals surface area (Å²) in [5.41, 5.74) is 12.1. The normalized spacial score (nSPS) is 9.71. The van der Waals surface area contributed by atoms with Crippen molar-refractivity contribution in [3.63, 3.8) is 0 Å². The lowest BCUT2D eigenvalue weighted by molar-refractivity contribution is -0.134. The Morgan fingerprint density at radius 1 is 1.25 bits per heavy atom. The number of nitrogens with zero attached hydrogens (tertiary/aromatic N) is 3. The molecule has 28 heavy (non-hydrogen) atoms. The molecule has 0 saturated heterocycles. The van der Waals surface area contributed by atoms with Crippen molar-refractivity contribution in [3.05, 3.63) is 41.7 Å². The minimum Gasteiger partial charge on any atom is -0.497 e. The van der Waals surface area contributed by atoms with E-state index in [1.54, 1.807) is 49.7 Å². The van der Waals surface area contributed by atoms with Crippen LogP contribution < -0.4 is 20.9 Å². The van der Waals surface area contributed by atoms with Crippen molar-refractivity contribution < 1.29 is 24.2 Å². The number of benzene rings is 1. The average molecular weight is 391 g/mol. The Balaban J connectivity index is 0.000000892. The average Bonchev–Trinajstić information content (AvgIpc) is 2.66. The smallest absolute Gasteiger partial charge is 0.300 e. The third-order valence-corrected chi connectivity index (χ3v) is 3.29. The number of anilines is 1. The molecule has 0 atom stereocenters. The number of carboxylic acid groups (broad SMARTS) is 1. The van der Waals surface area contributed by atoms with Crippen LogP contribution in [0.25, 0.3) is 0 Å². The van der Waals surface area contributed by atoms with Gasteiger partial charge in [-0.3, -0.25) is 9.59 Å². The lowest BCUT2D eigenvalue weighted by Gasteiger charge is -2.19. The van der Waals surface area contributed by atoms with Gasteiger partial charge in [0, 0.05) is 51.1 Å². The largest absolute Gasteiger partial charge is 0.497 e. The number of carboxylic acids is 1. The lowest BCUT2D eigenvalue weighted by Crippen LogP contribution is -2.27. The second-order valence-electron chi connectivity index (χ2n) is 5.63. The van der Waals surface area contributed by atoms with E-state index < -0.39 is 5.97 Å². The molecule has 10 nitrogen and oxygen atoms in total. The Bertz CT molecular complexity index is 778. The number of carbonyl (C=O) groups is 2. The van der Waals surface area contributed by atoms with Crippen LogP contribution in [-0.2, 0) is 11.3 Å². The Hall–Kier alpha value is -3.40. The molecule has 1 aromatic heterocycles. The van der Waals surface area contributed by atoms with E-state index in [4.69, 9.17) is 30.8 Å². The van der Waals surface area contributed by atoms with E-state index in [0.29, 0.717) is 36.8 Å². The van der Waals surface area contributed by atoms with E-state index in [-0.39, 0.29) is 11.9 Å². The number of amides is 1. The Morgan fingerprint density at radius 2 is 1.86 bits per heavy atom. The van der Waals surface area contributed by atoms with Crippen molar-refractivity contribution >= 4 is 17.8 Å². The fourth-order valence-electron chi connectivity index (χ4n) is 2.09. The van der Waals surface area contributed by atoms with Gasteiger partial charge in [0.25, 0.3) is 11.9 Å². The number of methoxy groups -OCH3 is 1. The number of rotatable bonds is 7. The van der Waals surface area contributed by atoms with Crippen LogP contribution in [0.1, 0.15) is 22.8 Å². The van der Waals surface area contributed by atoms with Gasteiger partial charge in [0.1, 0.15) is 18.1 Å². The minimum absolute atomic E-state index is 0.193. The predicted octanol–water partition coefficient (Wildman–Crippen LogP) is 0.768. The highest BCUT2D eigenvalue weighted by molar-refractivity contribution is 5.97. The summed E-state index contributed by atoms with van der Waals surface area (Å²) in [4.78, 5) is 31.1. The van der Waals surface area contributed by atoms with E-state index in [2.05, 4.69) is 9.97 Å². The zero-order chi connectivity index (χ0) is 21.1. The maximum atomic E-state index is 12.7. The number of nitrogen functional groups attached to an aromatic ring is 1. The van der Waals surface area contributed by atoms with Gasteiger partial charge in [0.05, 0.1) is 12.7 Å². The van der Waals surface area contributed by atoms with Gasteiger partial charge in [-0.2, -0.15) is 0 Å². The summed E-state index contributed by atoms with van der Waals surface area (Å²) in [6, 6.07) is 5.05. The minimum atomic E-state index is -0.833. The quantitative estimate of drug-likeness (QED) is 0.620. The van der Waals surface area contributed by atoms with Gasteiger partial charge >= 0.3 is 0 Å². The van der Waals surface area contributed by atoms with Crippen LogP contribution >= 0.6 is 0 Å². The number of ether oxygens (including phenoxy) is 2. The van der Waals surface area contributed by atoms with Crippen molar-refractivity contribution in [2.24, 2.45) is 5.73 Å². The fourth-order valence-corrected chi connectivity index (χ4v) is 2.09. The second-order valence-corrected chi connectivity index (χ2v) is 5.63. The van der Waals surface area contributed by atoms with Crippen LogP contribution in [0.3, 0.4) is 0 Å². The summed E-state index contributed by atoms with van der Waals surface area (Å²) in [6.07, 6.45) is 3.18. The standard InChI is InChI=1S/C16H21N5O3.C2H4O2/c1-21(10-11-8-19-16(18)20-9-11)15(22)13-4-3-12(23-2)7-14(13)24-6-5-17;1-2(3)4/h3-4,7-9H,5-6,10,17H2,1-2H3,(H2,18,19,20);1H3,(H,3,4). The summed E-state index contributed by atoms with van der Waals surface area (Å²) in [5.74, 6) is 0.209. The van der Waals surface area contributed by atoms with Crippen molar-refractivity contribution in [2.75, 3.05) is 33.0 Å². The maximum absolute atomic E-state index is 12.7. The first kappa shape index (κ1) is 22.6. The molecule has 0 radical (unpaired) electrons. The molecule has 0 unspecified atom stereocenters. The van der Waals surface area contributed by atoms with Crippen molar-refractivity contribution in [1.82, 2.24) is 14.9 Å². The molecule has 0 bridgehead atoms. The van der Waals surface area contributed by atoms with Gasteiger partial charge in [-0.15, -0.1) is 0 Å². The number of nitrogens with two attached hydrogens (primary N) is 2. The first-order chi connectivity index (χ1) is 13.3. The lowest BCUT2D eigenvalue weighted by atomic mass is 10.1. The van der Waals surface area contributed by atoms with E-state index >= 15 is 0 Å². The molecule has 0 saturated carbocycles. The Morgan fingerprint density at radius 3 is 2.39 bits per heavy atom. The highest BCUT2D eigenvalue weighted by atomic mass is 16.5. The predicted molar refractivity (Wildman–Crippen MR) is 103 cm³/mol. The van der Waals surface area contributed by atoms with Gasteiger partial charge < -0.3 is 30.9 Å². The molecular weight excluding hydrogens is 366 g/mol. The summed E-state index contributed by atoms with van der Waals surface area (Å²) < 4.78 is 10.7. The molecule has 0 fully saturated rings. The zero-order valence-electron chi connectivity index (χ0n) is 16.1. The maximum Gasteiger partial charge on any atom is 0.300 e. The van der Waals surface area contributed by atoms with Crippen LogP contribution in [0.5, 0.6) is 11.5 Å². The van der Waals surface area contributed by atoms with Gasteiger partial charge in [-0.05, 0) is 12.1 Å². The number of carbonyl (C=O) groups excluding carboxylic acids is 1. The molecule has 0 aliphatic rings. The number of aromatic nitrogens is 2. The second kappa shape index (κ2) is 11.3. The van der Waals surface area contributed by atoms with Crippen LogP contribution in [0, 0.1) is 0 Å². The van der Waals surface area contributed by atoms with Crippen LogP contribution in [0.4, 0.5) is 5.95 Å². The molecular formula is C18H25N5O5. The number of hydrogen-bond acceptors (Lipinski definition) is 8. The SMILES string of the molecule is CC(=O)O.COc1ccc(C(=O)N(C)Cc2cnc(N)nc2)c(OCCN)c1. The summed E-state index contributed by atoms with van der Waals surface area (Å²) in [6.45, 7) is 2.09. The molecule has 10 heteroatoms. The first-order valence-electron chi connectivity index (χ1n) is 8.30. The monoisotopic (exact) mass is 391 g/mol. The van der Waals surface area contributed by atoms with Crippen LogP contribution in [0.2, 0.25) is 0 Å². The van der Waals surface area contributed by atoms with Gasteiger partial charge in [-0.1, -0.05) is 0 Å². The molecule has 2 rings (SSSR count). The molecule has 152 valence electrons. The van der Waals surface area contributed by atoms with Crippen LogP contribution in [0.15, 0.2) is 30.6 Å². The summed E-state index contributed by atoms with van der Waals surface area (Å²) >= 11 is 0. The van der Waals surface area contributed by atoms with Gasteiger partial charge in [0.15, 0.2) is 0 Å². The third-order valence-electron chi connectivity index (χ3n) is 3.29. The van der Waals surface area contributed by atoms with E-state index in [1.165, 1.54) is 0 Å². The number of hydrogen-bond donors (Lipinski definition) is 3. The summed E-state index contributed by atoms with van der Waals surface area (Å²) in [5, 5.41) is 7.42. The molecule has 0 aliphatic carbocycles. The molecule has 0 aliphatic heterocycles. The summed E-state index contributed by atoms with van der Waals surface area (Å²) in [7, 11) is 3.24. The highest BCUT2D eigenvalue weighted by Gasteiger charge is 2.18. The highest BCUT2D eigenvalue weighted by Crippen LogP contribution is 2.26. The topological polar surface area (TPSA) is 154 Å². The van der Waals surface area contributed by atoms with Gasteiger partial charge in [0.2, 0.25) is 5.95 Å². The van der Waals surface area contributed by atoms with E-state index in [1.807, 2.05) is 0 Å². The van der Waals surface area contributed by atoms with Crippen LogP contribution in [-0.4, -0.2) is 59.2 Å². The molecule has 1 aromatic carbocycles.